The van der Waals surface area contributed by atoms with E-state index in [2.05, 4.69) is 31.1 Å². The van der Waals surface area contributed by atoms with Crippen LogP contribution in [0.5, 0.6) is 0 Å². The molecule has 8 heteroatoms. The van der Waals surface area contributed by atoms with E-state index in [4.69, 9.17) is 0 Å². The van der Waals surface area contributed by atoms with Crippen LogP contribution < -0.4 is 16.6 Å². The highest BCUT2D eigenvalue weighted by Gasteiger charge is 2.17. The van der Waals surface area contributed by atoms with Crippen LogP contribution in [0, 0.1) is 0 Å². The Morgan fingerprint density at radius 1 is 1.29 bits per heavy atom. The number of aryl methyl sites for hydroxylation is 1. The SMILES string of the molecule is Cn1cc(NC(=O)/C=C/c2cnc(C(C)(C)C)s2)c(=O)n(C)c1=O. The normalized spacial score (nSPS) is 11.9. The van der Waals surface area contributed by atoms with E-state index in [0.29, 0.717) is 0 Å². The highest BCUT2D eigenvalue weighted by Crippen LogP contribution is 2.27. The zero-order chi connectivity index (χ0) is 18.1. The summed E-state index contributed by atoms with van der Waals surface area (Å²) in [5, 5.41) is 3.47. The van der Waals surface area contributed by atoms with Crippen LogP contribution in [0.2, 0.25) is 0 Å². The fraction of sp³-hybridized carbons (Fsp3) is 0.375. The van der Waals surface area contributed by atoms with E-state index >= 15 is 0 Å². The molecule has 0 aliphatic carbocycles. The van der Waals surface area contributed by atoms with Crippen LogP contribution in [-0.4, -0.2) is 20.0 Å². The van der Waals surface area contributed by atoms with Gasteiger partial charge in [-0.05, 0) is 6.08 Å². The number of anilines is 1. The summed E-state index contributed by atoms with van der Waals surface area (Å²) in [5.74, 6) is -0.448. The number of rotatable bonds is 3. The molecule has 0 saturated heterocycles. The van der Waals surface area contributed by atoms with Gasteiger partial charge in [0.05, 0.1) is 5.01 Å². The minimum absolute atomic E-state index is 0.0416. The van der Waals surface area contributed by atoms with Gasteiger partial charge in [0.15, 0.2) is 0 Å². The Morgan fingerprint density at radius 2 is 1.96 bits per heavy atom. The number of nitrogens with one attached hydrogen (secondary N) is 1. The maximum Gasteiger partial charge on any atom is 0.330 e. The standard InChI is InChI=1S/C16H20N4O3S/c1-16(2,3)14-17-8-10(24-14)6-7-12(21)18-11-9-19(4)15(23)20(5)13(11)22/h6-9H,1-5H3,(H,18,21)/b7-6+. The average molecular weight is 348 g/mol. The molecule has 128 valence electrons. The Hall–Kier alpha value is -2.48. The second-order valence-electron chi connectivity index (χ2n) is 6.44. The van der Waals surface area contributed by atoms with Gasteiger partial charge >= 0.3 is 5.69 Å². The summed E-state index contributed by atoms with van der Waals surface area (Å²) in [7, 11) is 2.88. The predicted molar refractivity (Wildman–Crippen MR) is 95.4 cm³/mol. The first-order valence-corrected chi connectivity index (χ1v) is 8.13. The average Bonchev–Trinajstić information content (AvgIpc) is 2.97. The Morgan fingerprint density at radius 3 is 2.54 bits per heavy atom. The molecule has 0 aliphatic rings. The first kappa shape index (κ1) is 17.9. The van der Waals surface area contributed by atoms with Crippen molar-refractivity contribution < 1.29 is 4.79 Å². The van der Waals surface area contributed by atoms with Crippen LogP contribution >= 0.6 is 11.3 Å². The van der Waals surface area contributed by atoms with E-state index in [1.807, 2.05) is 0 Å². The van der Waals surface area contributed by atoms with E-state index in [1.165, 1.54) is 42.3 Å². The Balaban J connectivity index is 2.16. The monoisotopic (exact) mass is 348 g/mol. The lowest BCUT2D eigenvalue weighted by Gasteiger charge is -2.13. The van der Waals surface area contributed by atoms with Crippen molar-refractivity contribution in [3.05, 3.63) is 49.2 Å². The van der Waals surface area contributed by atoms with E-state index < -0.39 is 17.2 Å². The van der Waals surface area contributed by atoms with Crippen LogP contribution in [0.4, 0.5) is 5.69 Å². The summed E-state index contributed by atoms with van der Waals surface area (Å²) in [6.45, 7) is 6.21. The topological polar surface area (TPSA) is 86.0 Å². The number of thiazole rings is 1. The van der Waals surface area contributed by atoms with Gasteiger partial charge < -0.3 is 9.88 Å². The molecule has 2 aromatic heterocycles. The zero-order valence-electron chi connectivity index (χ0n) is 14.3. The quantitative estimate of drug-likeness (QED) is 0.852. The molecule has 0 bridgehead atoms. The van der Waals surface area contributed by atoms with E-state index in [0.717, 1.165) is 14.5 Å². The highest BCUT2D eigenvalue weighted by molar-refractivity contribution is 7.12. The third kappa shape index (κ3) is 3.88. The maximum atomic E-state index is 12.0. The number of amides is 1. The van der Waals surface area contributed by atoms with Gasteiger partial charge in [-0.1, -0.05) is 20.8 Å². The molecule has 0 fully saturated rings. The van der Waals surface area contributed by atoms with Crippen molar-refractivity contribution in [2.75, 3.05) is 5.32 Å². The first-order valence-electron chi connectivity index (χ1n) is 7.31. The zero-order valence-corrected chi connectivity index (χ0v) is 15.1. The molecule has 1 N–H and O–H groups in total. The smallest absolute Gasteiger partial charge is 0.317 e. The molecule has 0 aliphatic heterocycles. The molecule has 2 aromatic rings. The summed E-state index contributed by atoms with van der Waals surface area (Å²) >= 11 is 1.51. The molecule has 0 aromatic carbocycles. The molecule has 0 atom stereocenters. The molecule has 7 nitrogen and oxygen atoms in total. The Kier molecular flexibility index (Phi) is 4.88. The van der Waals surface area contributed by atoms with Crippen molar-refractivity contribution in [1.82, 2.24) is 14.1 Å². The van der Waals surface area contributed by atoms with Gasteiger partial charge in [-0.25, -0.2) is 9.78 Å². The minimum Gasteiger partial charge on any atom is -0.317 e. The van der Waals surface area contributed by atoms with Crippen LogP contribution in [0.3, 0.4) is 0 Å². The number of carbonyl (C=O) groups excluding carboxylic acids is 1. The van der Waals surface area contributed by atoms with Crippen molar-refractivity contribution in [3.63, 3.8) is 0 Å². The highest BCUT2D eigenvalue weighted by atomic mass is 32.1. The number of hydrogen-bond donors (Lipinski definition) is 1. The lowest BCUT2D eigenvalue weighted by molar-refractivity contribution is -0.111. The van der Waals surface area contributed by atoms with Crippen molar-refractivity contribution >= 4 is 29.0 Å². The summed E-state index contributed by atoms with van der Waals surface area (Å²) in [6, 6.07) is 0. The fourth-order valence-corrected chi connectivity index (χ4v) is 2.81. The molecule has 0 unspecified atom stereocenters. The lowest BCUT2D eigenvalue weighted by Crippen LogP contribution is -2.38. The van der Waals surface area contributed by atoms with Gasteiger partial charge in [0, 0.05) is 42.9 Å². The van der Waals surface area contributed by atoms with Crippen molar-refractivity contribution in [2.45, 2.75) is 26.2 Å². The lowest BCUT2D eigenvalue weighted by atomic mass is 9.98. The maximum absolute atomic E-state index is 12.0. The third-order valence-electron chi connectivity index (χ3n) is 3.27. The van der Waals surface area contributed by atoms with Gasteiger partial charge in [-0.3, -0.25) is 14.2 Å². The van der Waals surface area contributed by atoms with Gasteiger partial charge in [0.1, 0.15) is 5.69 Å². The second kappa shape index (κ2) is 6.56. The van der Waals surface area contributed by atoms with Crippen molar-refractivity contribution in [1.29, 1.82) is 0 Å². The number of aromatic nitrogens is 3. The van der Waals surface area contributed by atoms with E-state index in [-0.39, 0.29) is 11.1 Å². The van der Waals surface area contributed by atoms with E-state index in [1.54, 1.807) is 12.3 Å². The number of carbonyl (C=O) groups is 1. The summed E-state index contributed by atoms with van der Waals surface area (Å²) in [4.78, 5) is 40.8. The Labute approximate surface area is 143 Å². The van der Waals surface area contributed by atoms with Gasteiger partial charge in [-0.2, -0.15) is 0 Å². The predicted octanol–water partition coefficient (Wildman–Crippen LogP) is 1.49. The fourth-order valence-electron chi connectivity index (χ4n) is 1.94. The molecular formula is C16H20N4O3S. The van der Waals surface area contributed by atoms with Gasteiger partial charge in [-0.15, -0.1) is 11.3 Å². The molecule has 24 heavy (non-hydrogen) atoms. The molecule has 2 rings (SSSR count). The molecule has 0 radical (unpaired) electrons. The van der Waals surface area contributed by atoms with Crippen LogP contribution in [0.15, 0.2) is 28.1 Å². The second-order valence-corrected chi connectivity index (χ2v) is 7.50. The molecule has 0 saturated carbocycles. The minimum atomic E-state index is -0.548. The largest absolute Gasteiger partial charge is 0.330 e. The third-order valence-corrected chi connectivity index (χ3v) is 4.66. The van der Waals surface area contributed by atoms with Gasteiger partial charge in [0.2, 0.25) is 5.91 Å². The first-order chi connectivity index (χ1) is 11.1. The van der Waals surface area contributed by atoms with Crippen LogP contribution in [0.1, 0.15) is 30.7 Å². The van der Waals surface area contributed by atoms with E-state index in [9.17, 15) is 14.4 Å². The number of hydrogen-bond acceptors (Lipinski definition) is 5. The Bertz CT molecular complexity index is 913. The van der Waals surface area contributed by atoms with Crippen molar-refractivity contribution in [2.24, 2.45) is 14.1 Å². The number of nitrogens with zero attached hydrogens (tertiary/aromatic N) is 3. The summed E-state index contributed by atoms with van der Waals surface area (Å²) < 4.78 is 2.18. The van der Waals surface area contributed by atoms with Crippen molar-refractivity contribution in [3.8, 4) is 0 Å². The molecular weight excluding hydrogens is 328 g/mol. The van der Waals surface area contributed by atoms with Gasteiger partial charge in [0.25, 0.3) is 5.56 Å². The molecule has 0 spiro atoms. The molecule has 1 amide bonds. The summed E-state index contributed by atoms with van der Waals surface area (Å²) in [6.07, 6.45) is 6.00. The summed E-state index contributed by atoms with van der Waals surface area (Å²) in [5.41, 5.74) is -0.991. The van der Waals surface area contributed by atoms with Crippen LogP contribution in [0.25, 0.3) is 6.08 Å². The van der Waals surface area contributed by atoms with Crippen LogP contribution in [-0.2, 0) is 24.3 Å². The molecule has 2 heterocycles.